The molecule has 200 valence electrons. The van der Waals surface area contributed by atoms with Gasteiger partial charge in [-0.1, -0.05) is 37.3 Å². The van der Waals surface area contributed by atoms with E-state index in [1.165, 1.54) is 18.9 Å². The maximum Gasteiger partial charge on any atom is 0.303 e. The fraction of sp³-hybridized carbons (Fsp3) is 0.406. The van der Waals surface area contributed by atoms with Gasteiger partial charge in [-0.2, -0.15) is 0 Å². The Morgan fingerprint density at radius 3 is 2.53 bits per heavy atom. The monoisotopic (exact) mass is 517 g/mol. The van der Waals surface area contributed by atoms with Crippen LogP contribution in [0.3, 0.4) is 0 Å². The van der Waals surface area contributed by atoms with Gasteiger partial charge in [-0.05, 0) is 103 Å². The summed E-state index contributed by atoms with van der Waals surface area (Å²) >= 11 is 0. The quantitative estimate of drug-likeness (QED) is 0.296. The van der Waals surface area contributed by atoms with Crippen molar-refractivity contribution in [2.45, 2.75) is 58.1 Å². The third-order valence-corrected chi connectivity index (χ3v) is 8.15. The highest BCUT2D eigenvalue weighted by atomic mass is 19.1. The zero-order chi connectivity index (χ0) is 26.7. The van der Waals surface area contributed by atoms with E-state index < -0.39 is 5.97 Å². The molecule has 0 bridgehead atoms. The van der Waals surface area contributed by atoms with E-state index in [0.717, 1.165) is 60.5 Å². The number of nitrogens with zero attached hydrogens (tertiary/aromatic N) is 1. The lowest BCUT2D eigenvalue weighted by molar-refractivity contribution is -0.137. The predicted octanol–water partition coefficient (Wildman–Crippen LogP) is 7.03. The van der Waals surface area contributed by atoms with E-state index in [1.54, 1.807) is 19.2 Å². The van der Waals surface area contributed by atoms with E-state index >= 15 is 0 Å². The van der Waals surface area contributed by atoms with Gasteiger partial charge in [0.25, 0.3) is 0 Å². The minimum absolute atomic E-state index is 0.0207. The minimum Gasteiger partial charge on any atom is -0.497 e. The van der Waals surface area contributed by atoms with E-state index in [2.05, 4.69) is 17.9 Å². The summed E-state index contributed by atoms with van der Waals surface area (Å²) in [5.41, 5.74) is 4.55. The van der Waals surface area contributed by atoms with Crippen molar-refractivity contribution < 1.29 is 23.8 Å². The molecule has 3 aromatic carbocycles. The highest BCUT2D eigenvalue weighted by Crippen LogP contribution is 2.57. The Hall–Kier alpha value is -3.38. The van der Waals surface area contributed by atoms with Gasteiger partial charge in [-0.3, -0.25) is 9.69 Å². The summed E-state index contributed by atoms with van der Waals surface area (Å²) in [6.07, 6.45) is 4.60. The second-order valence-electron chi connectivity index (χ2n) is 11.0. The van der Waals surface area contributed by atoms with Crippen molar-refractivity contribution >= 4 is 5.97 Å². The van der Waals surface area contributed by atoms with Crippen LogP contribution >= 0.6 is 0 Å². The van der Waals surface area contributed by atoms with Crippen LogP contribution in [0.25, 0.3) is 11.1 Å². The van der Waals surface area contributed by atoms with Crippen molar-refractivity contribution in [1.82, 2.24) is 4.90 Å². The third-order valence-electron chi connectivity index (χ3n) is 8.15. The first-order chi connectivity index (χ1) is 18.3. The number of halogens is 1. The number of likely N-dealkylation sites (tertiary alicyclic amines) is 1. The molecule has 2 fully saturated rings. The number of benzene rings is 3. The maximum atomic E-state index is 14.9. The molecule has 1 N–H and O–H groups in total. The number of carboxylic acids is 1. The van der Waals surface area contributed by atoms with Crippen LogP contribution in [-0.2, 0) is 17.9 Å². The van der Waals surface area contributed by atoms with E-state index in [-0.39, 0.29) is 23.6 Å². The first kappa shape index (κ1) is 26.2. The number of hydrogen-bond acceptors (Lipinski definition) is 4. The molecule has 1 heterocycles. The van der Waals surface area contributed by atoms with E-state index in [4.69, 9.17) is 9.47 Å². The van der Waals surface area contributed by atoms with Crippen LogP contribution in [0.2, 0.25) is 0 Å². The lowest BCUT2D eigenvalue weighted by Crippen LogP contribution is -2.19. The van der Waals surface area contributed by atoms with Crippen LogP contribution in [0.15, 0.2) is 60.7 Å². The summed E-state index contributed by atoms with van der Waals surface area (Å²) in [4.78, 5) is 13.9. The van der Waals surface area contributed by atoms with Gasteiger partial charge in [0.15, 0.2) is 0 Å². The van der Waals surface area contributed by atoms with Crippen LogP contribution < -0.4 is 9.47 Å². The van der Waals surface area contributed by atoms with Gasteiger partial charge in [0.2, 0.25) is 0 Å². The van der Waals surface area contributed by atoms with E-state index in [1.807, 2.05) is 36.4 Å². The molecule has 0 aromatic heterocycles. The van der Waals surface area contributed by atoms with Crippen LogP contribution in [-0.4, -0.2) is 36.2 Å². The van der Waals surface area contributed by atoms with Crippen LogP contribution in [0.1, 0.15) is 61.6 Å². The second kappa shape index (κ2) is 11.2. The number of hydrogen-bond donors (Lipinski definition) is 1. The third kappa shape index (κ3) is 6.02. The first-order valence-electron chi connectivity index (χ1n) is 13.5. The summed E-state index contributed by atoms with van der Waals surface area (Å²) < 4.78 is 26.5. The summed E-state index contributed by atoms with van der Waals surface area (Å²) in [5.74, 6) is 0.294. The fourth-order valence-electron chi connectivity index (χ4n) is 5.62. The lowest BCUT2D eigenvalue weighted by atomic mass is 9.82. The zero-order valence-electron chi connectivity index (χ0n) is 22.2. The van der Waals surface area contributed by atoms with Crippen molar-refractivity contribution in [2.24, 2.45) is 5.41 Å². The molecule has 6 heteroatoms. The zero-order valence-corrected chi connectivity index (χ0v) is 22.2. The highest BCUT2D eigenvalue weighted by Gasteiger charge is 2.46. The Kier molecular flexibility index (Phi) is 7.70. The normalized spacial score (nSPS) is 17.2. The van der Waals surface area contributed by atoms with Crippen molar-refractivity contribution in [3.8, 4) is 22.6 Å². The summed E-state index contributed by atoms with van der Waals surface area (Å²) in [6.45, 7) is 5.39. The predicted molar refractivity (Wildman–Crippen MR) is 146 cm³/mol. The molecule has 1 aliphatic heterocycles. The van der Waals surface area contributed by atoms with Gasteiger partial charge in [-0.15, -0.1) is 0 Å². The number of carboxylic acid groups (broad SMARTS) is 1. The Morgan fingerprint density at radius 2 is 1.82 bits per heavy atom. The highest BCUT2D eigenvalue weighted by molar-refractivity contribution is 5.70. The van der Waals surface area contributed by atoms with Crippen molar-refractivity contribution in [3.63, 3.8) is 0 Å². The fourth-order valence-corrected chi connectivity index (χ4v) is 5.62. The molecule has 5 rings (SSSR count). The second-order valence-corrected chi connectivity index (χ2v) is 11.0. The topological polar surface area (TPSA) is 59.0 Å². The van der Waals surface area contributed by atoms with Crippen molar-refractivity contribution in [2.75, 3.05) is 20.2 Å². The molecule has 5 nitrogen and oxygen atoms in total. The molecular formula is C32H36FNO4. The van der Waals surface area contributed by atoms with E-state index in [9.17, 15) is 14.3 Å². The molecule has 0 spiro atoms. The average Bonchev–Trinajstić information content (AvgIpc) is 3.45. The van der Waals surface area contributed by atoms with Gasteiger partial charge >= 0.3 is 5.97 Å². The van der Waals surface area contributed by atoms with Gasteiger partial charge < -0.3 is 14.6 Å². The summed E-state index contributed by atoms with van der Waals surface area (Å²) in [6, 6.07) is 18.8. The number of methoxy groups -OCH3 is 1. The van der Waals surface area contributed by atoms with Gasteiger partial charge in [0.05, 0.1) is 13.5 Å². The van der Waals surface area contributed by atoms with E-state index in [0.29, 0.717) is 17.9 Å². The largest absolute Gasteiger partial charge is 0.497 e. The molecule has 2 aliphatic rings. The first-order valence-corrected chi connectivity index (χ1v) is 13.5. The molecule has 1 aliphatic carbocycles. The maximum absolute atomic E-state index is 14.9. The molecule has 0 amide bonds. The van der Waals surface area contributed by atoms with Gasteiger partial charge in [0.1, 0.15) is 23.9 Å². The summed E-state index contributed by atoms with van der Waals surface area (Å²) in [5, 5.41) is 9.47. The van der Waals surface area contributed by atoms with Crippen molar-refractivity contribution in [1.29, 1.82) is 0 Å². The minimum atomic E-state index is -0.771. The molecular weight excluding hydrogens is 481 g/mol. The number of ether oxygens (including phenoxy) is 2. The molecule has 0 unspecified atom stereocenters. The Morgan fingerprint density at radius 1 is 1.03 bits per heavy atom. The average molecular weight is 518 g/mol. The van der Waals surface area contributed by atoms with Crippen molar-refractivity contribution in [3.05, 3.63) is 83.2 Å². The number of aliphatic carboxylic acids is 1. The smallest absolute Gasteiger partial charge is 0.303 e. The lowest BCUT2D eigenvalue weighted by Gasteiger charge is -2.23. The number of rotatable bonds is 11. The Labute approximate surface area is 224 Å². The van der Waals surface area contributed by atoms with Crippen LogP contribution in [0.4, 0.5) is 4.39 Å². The van der Waals surface area contributed by atoms with Gasteiger partial charge in [-0.25, -0.2) is 4.39 Å². The molecule has 1 saturated carbocycles. The molecule has 38 heavy (non-hydrogen) atoms. The van der Waals surface area contributed by atoms with Crippen LogP contribution in [0.5, 0.6) is 11.5 Å². The molecule has 3 aromatic rings. The molecule has 0 radical (unpaired) electrons. The van der Waals surface area contributed by atoms with Crippen LogP contribution in [0, 0.1) is 11.2 Å². The number of carbonyl (C=O) groups is 1. The Balaban J connectivity index is 1.38. The molecule has 1 atom stereocenters. The Bertz CT molecular complexity index is 1300. The standard InChI is InChI=1S/C32H36FNO4/c1-32(12-13-32)29(19-31(35)36)23-6-5-7-26(17-23)38-21-22-8-10-27(24(16-22)20-34-14-3-4-15-34)28-18-25(37-2)9-11-30(28)33/h5-11,16-18,29H,3-4,12-15,19-21H2,1-2H3,(H,35,36)/t29-/m0/s1. The SMILES string of the molecule is COc1ccc(F)c(-c2ccc(COc3cccc([C@H](CC(=O)O)C4(C)CC4)c3)cc2CN2CCCC2)c1. The summed E-state index contributed by atoms with van der Waals surface area (Å²) in [7, 11) is 1.59. The van der Waals surface area contributed by atoms with Gasteiger partial charge in [0, 0.05) is 12.1 Å². The molecule has 1 saturated heterocycles.